The van der Waals surface area contributed by atoms with Crippen LogP contribution in [0, 0.1) is 24.0 Å². The normalized spacial score (nSPS) is 10.3. The van der Waals surface area contributed by atoms with Gasteiger partial charge in [0.05, 0.1) is 10.6 Å². The van der Waals surface area contributed by atoms with E-state index in [9.17, 15) is 10.1 Å². The number of nitrogens with two attached hydrogens (primary N) is 1. The quantitative estimate of drug-likeness (QED) is 0.435. The van der Waals surface area contributed by atoms with Crippen molar-refractivity contribution in [2.24, 2.45) is 5.84 Å². The van der Waals surface area contributed by atoms with Crippen molar-refractivity contribution < 1.29 is 9.45 Å². The maximum absolute atomic E-state index is 11.1. The van der Waals surface area contributed by atoms with E-state index in [1.165, 1.54) is 0 Å². The molecule has 2 aromatic rings. The van der Waals surface area contributed by atoms with Crippen LogP contribution >= 0.6 is 0 Å². The monoisotopic (exact) mass is 277 g/mol. The van der Waals surface area contributed by atoms with Gasteiger partial charge in [0.15, 0.2) is 0 Å². The highest BCUT2D eigenvalue weighted by Gasteiger charge is 2.19. The molecule has 0 saturated heterocycles. The predicted molar refractivity (Wildman–Crippen MR) is 74.2 cm³/mol. The first kappa shape index (κ1) is 13.8. The van der Waals surface area contributed by atoms with Crippen LogP contribution in [0.15, 0.2) is 22.7 Å². The van der Waals surface area contributed by atoms with Crippen molar-refractivity contribution in [2.75, 3.05) is 10.7 Å². The van der Waals surface area contributed by atoms with Gasteiger partial charge >= 0.3 is 5.69 Å². The fourth-order valence-corrected chi connectivity index (χ4v) is 1.94. The van der Waals surface area contributed by atoms with Crippen LogP contribution in [-0.2, 0) is 6.54 Å². The van der Waals surface area contributed by atoms with E-state index in [0.717, 1.165) is 11.3 Å². The second kappa shape index (κ2) is 5.57. The maximum Gasteiger partial charge on any atom is 0.316 e. The van der Waals surface area contributed by atoms with Gasteiger partial charge in [-0.1, -0.05) is 11.2 Å². The van der Waals surface area contributed by atoms with Crippen LogP contribution in [0.2, 0.25) is 0 Å². The molecule has 0 saturated carbocycles. The Labute approximate surface area is 115 Å². The number of nitrogens with zero attached hydrogens (tertiary/aromatic N) is 2. The summed E-state index contributed by atoms with van der Waals surface area (Å²) in [5, 5.41) is 18.0. The molecule has 2 rings (SSSR count). The largest absolute Gasteiger partial charge is 0.375 e. The van der Waals surface area contributed by atoms with Crippen LogP contribution in [0.5, 0.6) is 0 Å². The number of aromatic nitrogens is 1. The Balaban J connectivity index is 2.28. The molecule has 0 bridgehead atoms. The zero-order valence-electron chi connectivity index (χ0n) is 11.1. The second-order valence-corrected chi connectivity index (χ2v) is 4.26. The first-order chi connectivity index (χ1) is 9.54. The molecule has 8 heteroatoms. The van der Waals surface area contributed by atoms with Crippen molar-refractivity contribution in [3.63, 3.8) is 0 Å². The van der Waals surface area contributed by atoms with E-state index in [0.29, 0.717) is 18.0 Å². The third-order valence-electron chi connectivity index (χ3n) is 3.01. The van der Waals surface area contributed by atoms with Crippen LogP contribution < -0.4 is 16.6 Å². The highest BCUT2D eigenvalue weighted by molar-refractivity contribution is 5.75. The molecule has 1 heterocycles. The van der Waals surface area contributed by atoms with E-state index in [2.05, 4.69) is 15.9 Å². The lowest BCUT2D eigenvalue weighted by molar-refractivity contribution is -0.383. The summed E-state index contributed by atoms with van der Waals surface area (Å²) in [5.41, 5.74) is 4.49. The molecule has 0 aliphatic rings. The summed E-state index contributed by atoms with van der Waals surface area (Å²) in [4.78, 5) is 10.7. The van der Waals surface area contributed by atoms with Gasteiger partial charge in [-0.15, -0.1) is 0 Å². The van der Waals surface area contributed by atoms with E-state index in [-0.39, 0.29) is 11.4 Å². The number of nitrogen functional groups attached to an aromatic ring is 1. The molecule has 0 unspecified atom stereocenters. The zero-order valence-corrected chi connectivity index (χ0v) is 11.1. The number of para-hydroxylation sites is 1. The average molecular weight is 277 g/mol. The molecule has 20 heavy (non-hydrogen) atoms. The van der Waals surface area contributed by atoms with E-state index in [1.54, 1.807) is 25.1 Å². The van der Waals surface area contributed by atoms with Crippen molar-refractivity contribution >= 4 is 17.1 Å². The second-order valence-electron chi connectivity index (χ2n) is 4.26. The predicted octanol–water partition coefficient (Wildman–Crippen LogP) is 2.10. The minimum Gasteiger partial charge on any atom is -0.375 e. The van der Waals surface area contributed by atoms with Crippen LogP contribution in [0.4, 0.5) is 17.1 Å². The van der Waals surface area contributed by atoms with Crippen molar-refractivity contribution in [2.45, 2.75) is 20.4 Å². The summed E-state index contributed by atoms with van der Waals surface area (Å²) in [6.45, 7) is 4.00. The van der Waals surface area contributed by atoms with E-state index >= 15 is 0 Å². The van der Waals surface area contributed by atoms with Gasteiger partial charge in [0.1, 0.15) is 17.1 Å². The molecule has 0 aliphatic carbocycles. The van der Waals surface area contributed by atoms with Gasteiger partial charge in [-0.25, -0.2) is 0 Å². The molecule has 8 nitrogen and oxygen atoms in total. The Kier molecular flexibility index (Phi) is 3.85. The lowest BCUT2D eigenvalue weighted by atomic mass is 10.2. The number of hydrogen-bond acceptors (Lipinski definition) is 7. The minimum atomic E-state index is -0.481. The number of nitro groups is 1. The lowest BCUT2D eigenvalue weighted by Crippen LogP contribution is -2.11. The van der Waals surface area contributed by atoms with Gasteiger partial charge in [-0.05, 0) is 26.0 Å². The molecule has 1 aromatic heterocycles. The third-order valence-corrected chi connectivity index (χ3v) is 3.01. The summed E-state index contributed by atoms with van der Waals surface area (Å²) in [5.74, 6) is 5.97. The number of anilines is 2. The molecule has 0 spiro atoms. The van der Waals surface area contributed by atoms with Crippen LogP contribution in [-0.4, -0.2) is 10.1 Å². The Bertz CT molecular complexity index is 619. The van der Waals surface area contributed by atoms with Gasteiger partial charge < -0.3 is 15.3 Å². The SMILES string of the molecule is Cc1noc(C)c1CNc1cccc(NN)c1[N+](=O)[O-]. The Morgan fingerprint density at radius 3 is 2.65 bits per heavy atom. The zero-order chi connectivity index (χ0) is 14.7. The number of benzene rings is 1. The van der Waals surface area contributed by atoms with Crippen molar-refractivity contribution in [3.8, 4) is 0 Å². The van der Waals surface area contributed by atoms with Crippen LogP contribution in [0.25, 0.3) is 0 Å². The fourth-order valence-electron chi connectivity index (χ4n) is 1.94. The number of aryl methyl sites for hydroxylation is 2. The number of rotatable bonds is 5. The summed E-state index contributed by atoms with van der Waals surface area (Å²) in [7, 11) is 0. The highest BCUT2D eigenvalue weighted by Crippen LogP contribution is 2.32. The third kappa shape index (κ3) is 2.54. The molecule has 4 N–H and O–H groups in total. The van der Waals surface area contributed by atoms with Crippen molar-refractivity contribution in [1.29, 1.82) is 0 Å². The standard InChI is InChI=1S/C12H15N5O3/c1-7-9(8(2)20-16-7)6-14-10-4-3-5-11(15-13)12(10)17(18)19/h3-5,14-15H,6,13H2,1-2H3. The molecule has 1 aromatic carbocycles. The van der Waals surface area contributed by atoms with E-state index < -0.39 is 4.92 Å². The number of nitro benzene ring substituents is 1. The molecule has 0 fully saturated rings. The van der Waals surface area contributed by atoms with Crippen LogP contribution in [0.3, 0.4) is 0 Å². The smallest absolute Gasteiger partial charge is 0.316 e. The number of hydrazine groups is 1. The summed E-state index contributed by atoms with van der Waals surface area (Å²) >= 11 is 0. The molecule has 106 valence electrons. The van der Waals surface area contributed by atoms with E-state index in [1.807, 2.05) is 6.92 Å². The highest BCUT2D eigenvalue weighted by atomic mass is 16.6. The summed E-state index contributed by atoms with van der Waals surface area (Å²) in [6, 6.07) is 4.84. The Morgan fingerprint density at radius 2 is 2.10 bits per heavy atom. The van der Waals surface area contributed by atoms with Gasteiger partial charge in [-0.2, -0.15) is 0 Å². The number of hydrogen-bond donors (Lipinski definition) is 3. The maximum atomic E-state index is 11.1. The molecule has 0 atom stereocenters. The average Bonchev–Trinajstić information content (AvgIpc) is 2.75. The molecule has 0 amide bonds. The first-order valence-corrected chi connectivity index (χ1v) is 5.94. The molecule has 0 radical (unpaired) electrons. The molecular formula is C12H15N5O3. The minimum absolute atomic E-state index is 0.0956. The summed E-state index contributed by atoms with van der Waals surface area (Å²) < 4.78 is 5.05. The Morgan fingerprint density at radius 1 is 1.40 bits per heavy atom. The molecule has 0 aliphatic heterocycles. The number of nitrogens with one attached hydrogen (secondary N) is 2. The Hall–Kier alpha value is -2.61. The van der Waals surface area contributed by atoms with Crippen molar-refractivity contribution in [3.05, 3.63) is 45.3 Å². The van der Waals surface area contributed by atoms with Gasteiger partial charge in [0.25, 0.3) is 0 Å². The lowest BCUT2D eigenvalue weighted by Gasteiger charge is -2.09. The van der Waals surface area contributed by atoms with Gasteiger partial charge in [0.2, 0.25) is 0 Å². The van der Waals surface area contributed by atoms with Gasteiger partial charge in [-0.3, -0.25) is 16.0 Å². The fraction of sp³-hybridized carbons (Fsp3) is 0.250. The first-order valence-electron chi connectivity index (χ1n) is 5.94. The topological polar surface area (TPSA) is 119 Å². The van der Waals surface area contributed by atoms with E-state index in [4.69, 9.17) is 10.4 Å². The molecular weight excluding hydrogens is 262 g/mol. The van der Waals surface area contributed by atoms with Crippen molar-refractivity contribution in [1.82, 2.24) is 5.16 Å². The summed E-state index contributed by atoms with van der Waals surface area (Å²) in [6.07, 6.45) is 0. The van der Waals surface area contributed by atoms with Crippen LogP contribution in [0.1, 0.15) is 17.0 Å². The van der Waals surface area contributed by atoms with Gasteiger partial charge in [0, 0.05) is 12.1 Å².